The summed E-state index contributed by atoms with van der Waals surface area (Å²) in [5, 5.41) is 7.44. The van der Waals surface area contributed by atoms with Gasteiger partial charge in [-0.15, -0.1) is 11.3 Å². The maximum absolute atomic E-state index is 5.89. The Morgan fingerprint density at radius 1 is 1.50 bits per heavy atom. The average molecular weight is 284 g/mol. The van der Waals surface area contributed by atoms with Gasteiger partial charge in [-0.05, 0) is 44.0 Å². The van der Waals surface area contributed by atoms with Gasteiger partial charge >= 0.3 is 0 Å². The average Bonchev–Trinajstić information content (AvgIpc) is 2.99. The first-order chi connectivity index (χ1) is 8.81. The predicted molar refractivity (Wildman–Crippen MR) is 71.9 cm³/mol. The number of nitrogens with zero attached hydrogens (tertiary/aromatic N) is 2. The third-order valence-electron chi connectivity index (χ3n) is 3.12. The lowest BCUT2D eigenvalue weighted by Crippen LogP contribution is -2.31. The number of rotatable bonds is 3. The van der Waals surface area contributed by atoms with Crippen LogP contribution in [0.4, 0.5) is 0 Å². The Balaban J connectivity index is 1.69. The fraction of sp³-hybridized carbons (Fsp3) is 0.500. The Labute approximate surface area is 114 Å². The Kier molecular flexibility index (Phi) is 3.63. The van der Waals surface area contributed by atoms with Crippen LogP contribution >= 0.6 is 22.9 Å². The lowest BCUT2D eigenvalue weighted by atomic mass is 9.96. The zero-order valence-electron chi connectivity index (χ0n) is 9.86. The summed E-state index contributed by atoms with van der Waals surface area (Å²) in [6.45, 7) is 2.18. The summed E-state index contributed by atoms with van der Waals surface area (Å²) in [7, 11) is 0. The number of hydrogen-bond donors (Lipinski definition) is 1. The molecule has 3 rings (SSSR count). The number of aromatic nitrogens is 2. The minimum absolute atomic E-state index is 0.575. The lowest BCUT2D eigenvalue weighted by Gasteiger charge is -2.20. The molecule has 18 heavy (non-hydrogen) atoms. The molecule has 0 amide bonds. The van der Waals surface area contributed by atoms with E-state index in [1.54, 1.807) is 0 Å². The van der Waals surface area contributed by atoms with E-state index in [1.165, 1.54) is 24.2 Å². The summed E-state index contributed by atoms with van der Waals surface area (Å²) in [6, 6.07) is 3.75. The van der Waals surface area contributed by atoms with Gasteiger partial charge in [-0.2, -0.15) is 4.98 Å². The lowest BCUT2D eigenvalue weighted by molar-refractivity contribution is 0.360. The second-order valence-electron chi connectivity index (χ2n) is 4.54. The van der Waals surface area contributed by atoms with Gasteiger partial charge in [0, 0.05) is 6.42 Å². The van der Waals surface area contributed by atoms with Crippen LogP contribution in [0.15, 0.2) is 16.7 Å². The molecule has 3 heterocycles. The van der Waals surface area contributed by atoms with E-state index in [2.05, 4.69) is 15.5 Å². The topological polar surface area (TPSA) is 51.0 Å². The molecule has 0 aromatic carbocycles. The van der Waals surface area contributed by atoms with Gasteiger partial charge in [0.1, 0.15) is 0 Å². The van der Waals surface area contributed by atoms with Gasteiger partial charge in [0.15, 0.2) is 5.82 Å². The van der Waals surface area contributed by atoms with E-state index in [-0.39, 0.29) is 0 Å². The quantitative estimate of drug-likeness (QED) is 0.941. The summed E-state index contributed by atoms with van der Waals surface area (Å²) in [4.78, 5) is 5.37. The molecule has 0 spiro atoms. The van der Waals surface area contributed by atoms with Gasteiger partial charge < -0.3 is 9.84 Å². The van der Waals surface area contributed by atoms with Crippen LogP contribution in [0.1, 0.15) is 18.7 Å². The second kappa shape index (κ2) is 5.38. The standard InChI is InChI=1S/C12H14ClN3OS/c13-10-4-3-9(18-10)12-15-11(16-17-12)6-8-2-1-5-14-7-8/h3-4,8,14H,1-2,5-7H2. The molecule has 2 aromatic heterocycles. The van der Waals surface area contributed by atoms with Gasteiger partial charge in [-0.1, -0.05) is 16.8 Å². The zero-order valence-corrected chi connectivity index (χ0v) is 11.4. The molecule has 0 radical (unpaired) electrons. The number of nitrogens with one attached hydrogen (secondary N) is 1. The molecular formula is C12H14ClN3OS. The number of hydrogen-bond acceptors (Lipinski definition) is 5. The Morgan fingerprint density at radius 2 is 2.44 bits per heavy atom. The molecule has 1 fully saturated rings. The summed E-state index contributed by atoms with van der Waals surface area (Å²) in [6.07, 6.45) is 3.35. The SMILES string of the molecule is Clc1ccc(-c2nc(CC3CCCNC3)no2)s1. The highest BCUT2D eigenvalue weighted by Crippen LogP contribution is 2.30. The van der Waals surface area contributed by atoms with Crippen molar-refractivity contribution in [3.05, 3.63) is 22.3 Å². The van der Waals surface area contributed by atoms with Crippen LogP contribution in [0.5, 0.6) is 0 Å². The van der Waals surface area contributed by atoms with Crippen molar-refractivity contribution in [1.29, 1.82) is 0 Å². The summed E-state index contributed by atoms with van der Waals surface area (Å²) in [5.74, 6) is 1.99. The van der Waals surface area contributed by atoms with Gasteiger partial charge in [-0.3, -0.25) is 0 Å². The van der Waals surface area contributed by atoms with Crippen molar-refractivity contribution in [3.8, 4) is 10.8 Å². The van der Waals surface area contributed by atoms with Crippen molar-refractivity contribution in [3.63, 3.8) is 0 Å². The van der Waals surface area contributed by atoms with Crippen molar-refractivity contribution in [2.75, 3.05) is 13.1 Å². The minimum atomic E-state index is 0.575. The van der Waals surface area contributed by atoms with Crippen molar-refractivity contribution in [1.82, 2.24) is 15.5 Å². The molecule has 1 unspecified atom stereocenters. The van der Waals surface area contributed by atoms with Crippen LogP contribution in [0, 0.1) is 5.92 Å². The molecular weight excluding hydrogens is 270 g/mol. The number of halogens is 1. The summed E-state index contributed by atoms with van der Waals surface area (Å²) in [5.41, 5.74) is 0. The maximum Gasteiger partial charge on any atom is 0.268 e. The van der Waals surface area contributed by atoms with Gasteiger partial charge in [0.05, 0.1) is 9.21 Å². The molecule has 0 bridgehead atoms. The molecule has 2 aromatic rings. The van der Waals surface area contributed by atoms with E-state index in [9.17, 15) is 0 Å². The van der Waals surface area contributed by atoms with Crippen molar-refractivity contribution in [2.45, 2.75) is 19.3 Å². The summed E-state index contributed by atoms with van der Waals surface area (Å²) >= 11 is 7.35. The van der Waals surface area contributed by atoms with E-state index in [4.69, 9.17) is 16.1 Å². The highest BCUT2D eigenvalue weighted by atomic mass is 35.5. The highest BCUT2D eigenvalue weighted by molar-refractivity contribution is 7.19. The molecule has 1 aliphatic rings. The second-order valence-corrected chi connectivity index (χ2v) is 6.25. The van der Waals surface area contributed by atoms with E-state index in [0.717, 1.165) is 34.5 Å². The first-order valence-electron chi connectivity index (χ1n) is 6.10. The Morgan fingerprint density at radius 3 is 3.17 bits per heavy atom. The van der Waals surface area contributed by atoms with Gasteiger partial charge in [0.2, 0.25) is 0 Å². The van der Waals surface area contributed by atoms with Crippen LogP contribution in [-0.2, 0) is 6.42 Å². The van der Waals surface area contributed by atoms with Crippen molar-refractivity contribution >= 4 is 22.9 Å². The molecule has 6 heteroatoms. The van der Waals surface area contributed by atoms with E-state index in [0.29, 0.717) is 11.8 Å². The minimum Gasteiger partial charge on any atom is -0.333 e. The van der Waals surface area contributed by atoms with E-state index >= 15 is 0 Å². The largest absolute Gasteiger partial charge is 0.333 e. The Bertz CT molecular complexity index is 519. The fourth-order valence-corrected chi connectivity index (χ4v) is 3.19. The molecule has 96 valence electrons. The van der Waals surface area contributed by atoms with Gasteiger partial charge in [0.25, 0.3) is 5.89 Å². The normalized spacial score (nSPS) is 20.2. The van der Waals surface area contributed by atoms with Crippen LogP contribution in [0.2, 0.25) is 4.34 Å². The Hall–Kier alpha value is -0.910. The molecule has 1 aliphatic heterocycles. The van der Waals surface area contributed by atoms with Crippen molar-refractivity contribution < 1.29 is 4.52 Å². The molecule has 1 N–H and O–H groups in total. The fourth-order valence-electron chi connectivity index (χ4n) is 2.22. The first-order valence-corrected chi connectivity index (χ1v) is 7.30. The summed E-state index contributed by atoms with van der Waals surface area (Å²) < 4.78 is 6.01. The predicted octanol–water partition coefficient (Wildman–Crippen LogP) is 2.99. The molecule has 1 saturated heterocycles. The van der Waals surface area contributed by atoms with Crippen LogP contribution in [0.25, 0.3) is 10.8 Å². The maximum atomic E-state index is 5.89. The highest BCUT2D eigenvalue weighted by Gasteiger charge is 2.17. The smallest absolute Gasteiger partial charge is 0.268 e. The van der Waals surface area contributed by atoms with E-state index < -0.39 is 0 Å². The van der Waals surface area contributed by atoms with Crippen LogP contribution < -0.4 is 5.32 Å². The molecule has 0 saturated carbocycles. The number of piperidine rings is 1. The number of thiophene rings is 1. The third kappa shape index (κ3) is 2.74. The van der Waals surface area contributed by atoms with Crippen LogP contribution in [-0.4, -0.2) is 23.2 Å². The monoisotopic (exact) mass is 283 g/mol. The first kappa shape index (κ1) is 12.1. The molecule has 4 nitrogen and oxygen atoms in total. The zero-order chi connectivity index (χ0) is 12.4. The van der Waals surface area contributed by atoms with E-state index in [1.807, 2.05) is 12.1 Å². The molecule has 0 aliphatic carbocycles. The third-order valence-corrected chi connectivity index (χ3v) is 4.34. The van der Waals surface area contributed by atoms with Gasteiger partial charge in [-0.25, -0.2) is 0 Å². The van der Waals surface area contributed by atoms with Crippen LogP contribution in [0.3, 0.4) is 0 Å². The van der Waals surface area contributed by atoms with Crippen molar-refractivity contribution in [2.24, 2.45) is 5.92 Å². The molecule has 1 atom stereocenters.